The van der Waals surface area contributed by atoms with Crippen molar-refractivity contribution in [2.24, 2.45) is 11.8 Å². The van der Waals surface area contributed by atoms with Gasteiger partial charge >= 0.3 is 0 Å². The van der Waals surface area contributed by atoms with Crippen molar-refractivity contribution in [2.75, 3.05) is 13.1 Å². The number of nitrogens with one attached hydrogen (secondary N) is 1. The summed E-state index contributed by atoms with van der Waals surface area (Å²) in [4.78, 5) is 0. The van der Waals surface area contributed by atoms with E-state index in [0.29, 0.717) is 5.38 Å². The van der Waals surface area contributed by atoms with Crippen LogP contribution in [-0.4, -0.2) is 18.5 Å². The standard InChI is InChI=1S/C9H16ClN/c10-9(8-3-4-8)6-11-5-7-1-2-7/h7-9,11H,1-6H2. The molecule has 2 heteroatoms. The molecule has 0 radical (unpaired) electrons. The molecule has 0 heterocycles. The lowest BCUT2D eigenvalue weighted by Crippen LogP contribution is -2.26. The van der Waals surface area contributed by atoms with Gasteiger partial charge in [-0.3, -0.25) is 0 Å². The van der Waals surface area contributed by atoms with Crippen LogP contribution in [0.5, 0.6) is 0 Å². The van der Waals surface area contributed by atoms with E-state index in [2.05, 4.69) is 5.32 Å². The van der Waals surface area contributed by atoms with E-state index in [0.717, 1.165) is 18.4 Å². The molecule has 2 aliphatic carbocycles. The normalized spacial score (nSPS) is 27.0. The van der Waals surface area contributed by atoms with Crippen LogP contribution >= 0.6 is 11.6 Å². The molecule has 2 fully saturated rings. The summed E-state index contributed by atoms with van der Waals surface area (Å²) < 4.78 is 0. The summed E-state index contributed by atoms with van der Waals surface area (Å²) >= 11 is 6.12. The van der Waals surface area contributed by atoms with Crippen molar-refractivity contribution in [3.05, 3.63) is 0 Å². The number of hydrogen-bond donors (Lipinski definition) is 1. The monoisotopic (exact) mass is 173 g/mol. The summed E-state index contributed by atoms with van der Waals surface area (Å²) in [6, 6.07) is 0. The zero-order valence-corrected chi connectivity index (χ0v) is 7.61. The lowest BCUT2D eigenvalue weighted by molar-refractivity contribution is 0.593. The molecule has 0 amide bonds. The topological polar surface area (TPSA) is 12.0 Å². The van der Waals surface area contributed by atoms with Crippen molar-refractivity contribution in [3.63, 3.8) is 0 Å². The van der Waals surface area contributed by atoms with Gasteiger partial charge in [-0.25, -0.2) is 0 Å². The van der Waals surface area contributed by atoms with Crippen LogP contribution < -0.4 is 5.32 Å². The highest BCUT2D eigenvalue weighted by atomic mass is 35.5. The first-order valence-electron chi connectivity index (χ1n) is 4.71. The van der Waals surface area contributed by atoms with Crippen molar-refractivity contribution in [1.82, 2.24) is 5.32 Å². The molecule has 11 heavy (non-hydrogen) atoms. The van der Waals surface area contributed by atoms with E-state index in [9.17, 15) is 0 Å². The quantitative estimate of drug-likeness (QED) is 0.628. The van der Waals surface area contributed by atoms with Gasteiger partial charge < -0.3 is 5.32 Å². The number of hydrogen-bond acceptors (Lipinski definition) is 1. The van der Waals surface area contributed by atoms with E-state index in [1.54, 1.807) is 0 Å². The second-order valence-corrected chi connectivity index (χ2v) is 4.52. The lowest BCUT2D eigenvalue weighted by Gasteiger charge is -2.08. The Kier molecular flexibility index (Phi) is 2.38. The van der Waals surface area contributed by atoms with Crippen LogP contribution in [0.3, 0.4) is 0 Å². The predicted molar refractivity (Wildman–Crippen MR) is 48.0 cm³/mol. The van der Waals surface area contributed by atoms with Crippen molar-refractivity contribution < 1.29 is 0 Å². The van der Waals surface area contributed by atoms with Gasteiger partial charge in [0.25, 0.3) is 0 Å². The second kappa shape index (κ2) is 3.32. The van der Waals surface area contributed by atoms with E-state index >= 15 is 0 Å². The van der Waals surface area contributed by atoms with Gasteiger partial charge in [0, 0.05) is 11.9 Å². The van der Waals surface area contributed by atoms with Crippen molar-refractivity contribution in [3.8, 4) is 0 Å². The highest BCUT2D eigenvalue weighted by molar-refractivity contribution is 6.21. The minimum atomic E-state index is 0.411. The largest absolute Gasteiger partial charge is 0.315 e. The molecule has 0 aliphatic heterocycles. The fraction of sp³-hybridized carbons (Fsp3) is 1.00. The Labute approximate surface area is 73.5 Å². The van der Waals surface area contributed by atoms with Gasteiger partial charge in [-0.1, -0.05) is 0 Å². The van der Waals surface area contributed by atoms with Gasteiger partial charge in [-0.2, -0.15) is 0 Å². The smallest absolute Gasteiger partial charge is 0.0488 e. The lowest BCUT2D eigenvalue weighted by atomic mass is 10.3. The third-order valence-electron chi connectivity index (χ3n) is 2.60. The van der Waals surface area contributed by atoms with Crippen molar-refractivity contribution in [1.29, 1.82) is 0 Å². The first-order valence-corrected chi connectivity index (χ1v) is 5.14. The number of halogens is 1. The van der Waals surface area contributed by atoms with Crippen LogP contribution in [0.25, 0.3) is 0 Å². The molecule has 2 saturated carbocycles. The molecule has 1 N–H and O–H groups in total. The third-order valence-corrected chi connectivity index (χ3v) is 3.11. The second-order valence-electron chi connectivity index (χ2n) is 3.96. The summed E-state index contributed by atoms with van der Waals surface area (Å²) in [7, 11) is 0. The van der Waals surface area contributed by atoms with Gasteiger partial charge in [0.05, 0.1) is 0 Å². The highest BCUT2D eigenvalue weighted by Crippen LogP contribution is 2.35. The average molecular weight is 174 g/mol. The minimum absolute atomic E-state index is 0.411. The van der Waals surface area contributed by atoms with E-state index in [-0.39, 0.29) is 0 Å². The predicted octanol–water partition coefficient (Wildman–Crippen LogP) is 2.00. The minimum Gasteiger partial charge on any atom is -0.315 e. The van der Waals surface area contributed by atoms with Crippen LogP contribution in [0.2, 0.25) is 0 Å². The number of alkyl halides is 1. The fourth-order valence-corrected chi connectivity index (χ4v) is 1.73. The molecule has 0 spiro atoms. The summed E-state index contributed by atoms with van der Waals surface area (Å²) in [5.74, 6) is 1.82. The summed E-state index contributed by atoms with van der Waals surface area (Å²) in [6.07, 6.45) is 5.59. The maximum absolute atomic E-state index is 6.12. The third kappa shape index (κ3) is 2.64. The van der Waals surface area contributed by atoms with E-state index in [1.165, 1.54) is 32.2 Å². The molecule has 1 nitrogen and oxygen atoms in total. The van der Waals surface area contributed by atoms with Crippen LogP contribution in [0.15, 0.2) is 0 Å². The zero-order chi connectivity index (χ0) is 7.68. The van der Waals surface area contributed by atoms with Crippen molar-refractivity contribution >= 4 is 11.6 Å². The molecule has 1 unspecified atom stereocenters. The maximum Gasteiger partial charge on any atom is 0.0488 e. The van der Waals surface area contributed by atoms with Crippen LogP contribution in [0, 0.1) is 11.8 Å². The molecule has 2 rings (SSSR count). The van der Waals surface area contributed by atoms with Gasteiger partial charge in [0.2, 0.25) is 0 Å². The molecule has 0 aromatic carbocycles. The first kappa shape index (κ1) is 7.88. The van der Waals surface area contributed by atoms with Gasteiger partial charge in [-0.15, -0.1) is 11.6 Å². The van der Waals surface area contributed by atoms with Crippen LogP contribution in [0.1, 0.15) is 25.7 Å². The fourth-order valence-electron chi connectivity index (χ4n) is 1.37. The molecule has 0 aromatic heterocycles. The Morgan fingerprint density at radius 2 is 2.00 bits per heavy atom. The Hall–Kier alpha value is 0.250. The molecule has 0 bridgehead atoms. The Bertz CT molecular complexity index is 130. The Morgan fingerprint density at radius 3 is 2.55 bits per heavy atom. The summed E-state index contributed by atoms with van der Waals surface area (Å²) in [5.41, 5.74) is 0. The molecule has 64 valence electrons. The molecule has 0 aromatic rings. The molecule has 0 saturated heterocycles. The maximum atomic E-state index is 6.12. The van der Waals surface area contributed by atoms with Gasteiger partial charge in [-0.05, 0) is 44.1 Å². The van der Waals surface area contributed by atoms with Crippen LogP contribution in [0.4, 0.5) is 0 Å². The molecular weight excluding hydrogens is 158 g/mol. The molecule has 2 aliphatic rings. The summed E-state index contributed by atoms with van der Waals surface area (Å²) in [6.45, 7) is 2.23. The summed E-state index contributed by atoms with van der Waals surface area (Å²) in [5, 5.41) is 3.85. The molecule has 1 atom stereocenters. The number of rotatable bonds is 5. The van der Waals surface area contributed by atoms with Gasteiger partial charge in [0.15, 0.2) is 0 Å². The van der Waals surface area contributed by atoms with Crippen LogP contribution in [-0.2, 0) is 0 Å². The Balaban J connectivity index is 1.50. The zero-order valence-electron chi connectivity index (χ0n) is 6.85. The van der Waals surface area contributed by atoms with E-state index in [4.69, 9.17) is 11.6 Å². The SMILES string of the molecule is ClC(CNCC1CC1)C1CC1. The van der Waals surface area contributed by atoms with E-state index in [1.807, 2.05) is 0 Å². The first-order chi connectivity index (χ1) is 5.36. The van der Waals surface area contributed by atoms with Crippen molar-refractivity contribution in [2.45, 2.75) is 31.1 Å². The average Bonchev–Trinajstić information content (AvgIpc) is 2.85. The van der Waals surface area contributed by atoms with Gasteiger partial charge in [0.1, 0.15) is 0 Å². The molecular formula is C9H16ClN. The Morgan fingerprint density at radius 1 is 1.27 bits per heavy atom. The van der Waals surface area contributed by atoms with E-state index < -0.39 is 0 Å². The highest BCUT2D eigenvalue weighted by Gasteiger charge is 2.29.